The lowest BCUT2D eigenvalue weighted by atomic mass is 9.88. The lowest BCUT2D eigenvalue weighted by Crippen LogP contribution is -2.35. The average Bonchev–Trinajstić information content (AvgIpc) is 2.73. The molecule has 2 unspecified atom stereocenters. The first-order chi connectivity index (χ1) is 6.23. The molecular weight excluding hydrogens is 160 g/mol. The van der Waals surface area contributed by atoms with E-state index in [2.05, 4.69) is 6.07 Å². The van der Waals surface area contributed by atoms with Crippen molar-refractivity contribution in [2.45, 2.75) is 50.5 Å². The van der Waals surface area contributed by atoms with Crippen LogP contribution in [0.4, 0.5) is 0 Å². The van der Waals surface area contributed by atoms with E-state index in [-0.39, 0.29) is 0 Å². The second-order valence-corrected chi connectivity index (χ2v) is 4.82. The van der Waals surface area contributed by atoms with Crippen molar-refractivity contribution in [1.29, 1.82) is 5.26 Å². The van der Waals surface area contributed by atoms with Crippen LogP contribution in [0.5, 0.6) is 0 Å². The molecule has 0 aromatic carbocycles. The van der Waals surface area contributed by atoms with E-state index >= 15 is 0 Å². The highest BCUT2D eigenvalue weighted by molar-refractivity contribution is 5.10. The Labute approximate surface area is 80.1 Å². The number of rotatable bonds is 1. The third-order valence-electron chi connectivity index (χ3n) is 3.88. The van der Waals surface area contributed by atoms with Crippen LogP contribution in [0, 0.1) is 23.2 Å². The summed E-state index contributed by atoms with van der Waals surface area (Å²) < 4.78 is 0. The van der Waals surface area contributed by atoms with Crippen LogP contribution in [0.2, 0.25) is 0 Å². The summed E-state index contributed by atoms with van der Waals surface area (Å²) in [7, 11) is 0. The van der Waals surface area contributed by atoms with Crippen molar-refractivity contribution >= 4 is 0 Å². The standard InChI is InChI=1S/C11H18N2/c12-8-11(13)6-5-10(7-11)9-3-1-2-4-9/h9-10H,1-7,13H2. The molecule has 0 bridgehead atoms. The van der Waals surface area contributed by atoms with E-state index in [9.17, 15) is 0 Å². The Hall–Kier alpha value is -0.550. The van der Waals surface area contributed by atoms with Crippen LogP contribution in [-0.4, -0.2) is 5.54 Å². The third-order valence-corrected chi connectivity index (χ3v) is 3.88. The number of nitrogens with two attached hydrogens (primary N) is 1. The van der Waals surface area contributed by atoms with E-state index in [1.54, 1.807) is 0 Å². The first-order valence-electron chi connectivity index (χ1n) is 5.44. The fraction of sp³-hybridized carbons (Fsp3) is 0.909. The zero-order valence-electron chi connectivity index (χ0n) is 8.13. The average molecular weight is 178 g/mol. The summed E-state index contributed by atoms with van der Waals surface area (Å²) in [6, 6.07) is 2.27. The minimum absolute atomic E-state index is 0.479. The monoisotopic (exact) mass is 178 g/mol. The number of hydrogen-bond acceptors (Lipinski definition) is 2. The van der Waals surface area contributed by atoms with Crippen LogP contribution in [-0.2, 0) is 0 Å². The van der Waals surface area contributed by atoms with Gasteiger partial charge in [0.15, 0.2) is 0 Å². The van der Waals surface area contributed by atoms with E-state index in [4.69, 9.17) is 11.0 Å². The predicted octanol–water partition coefficient (Wildman–Crippen LogP) is 2.20. The zero-order chi connectivity index (χ0) is 9.31. The van der Waals surface area contributed by atoms with Gasteiger partial charge < -0.3 is 5.73 Å². The maximum atomic E-state index is 8.91. The number of nitriles is 1. The second kappa shape index (κ2) is 3.31. The zero-order valence-corrected chi connectivity index (χ0v) is 8.13. The third kappa shape index (κ3) is 1.71. The number of nitrogens with zero attached hydrogens (tertiary/aromatic N) is 1. The Bertz CT molecular complexity index is 225. The minimum Gasteiger partial charge on any atom is -0.313 e. The van der Waals surface area contributed by atoms with Crippen LogP contribution in [0.15, 0.2) is 0 Å². The fourth-order valence-corrected chi connectivity index (χ4v) is 3.05. The molecule has 2 fully saturated rings. The molecule has 2 N–H and O–H groups in total. The van der Waals surface area contributed by atoms with E-state index in [0.29, 0.717) is 0 Å². The van der Waals surface area contributed by atoms with Gasteiger partial charge in [0.25, 0.3) is 0 Å². The molecule has 2 nitrogen and oxygen atoms in total. The van der Waals surface area contributed by atoms with Crippen molar-refractivity contribution < 1.29 is 0 Å². The van der Waals surface area contributed by atoms with Gasteiger partial charge in [-0.25, -0.2) is 0 Å². The Balaban J connectivity index is 1.94. The molecule has 2 saturated carbocycles. The maximum Gasteiger partial charge on any atom is 0.104 e. The Morgan fingerprint density at radius 2 is 1.85 bits per heavy atom. The molecule has 2 aliphatic rings. The minimum atomic E-state index is -0.479. The molecule has 0 amide bonds. The van der Waals surface area contributed by atoms with Gasteiger partial charge in [-0.2, -0.15) is 5.26 Å². The second-order valence-electron chi connectivity index (χ2n) is 4.82. The summed E-state index contributed by atoms with van der Waals surface area (Å²) in [6.45, 7) is 0. The molecule has 0 aromatic heterocycles. The summed E-state index contributed by atoms with van der Waals surface area (Å²) in [5.74, 6) is 1.64. The van der Waals surface area contributed by atoms with Crippen LogP contribution in [0.25, 0.3) is 0 Å². The molecule has 2 rings (SSSR count). The first kappa shape index (κ1) is 9.02. The van der Waals surface area contributed by atoms with Gasteiger partial charge in [-0.3, -0.25) is 0 Å². The SMILES string of the molecule is N#CC1(N)CCC(C2CCCC2)C1. The lowest BCUT2D eigenvalue weighted by molar-refractivity contribution is 0.336. The lowest BCUT2D eigenvalue weighted by Gasteiger charge is -2.19. The van der Waals surface area contributed by atoms with Crippen LogP contribution in [0.1, 0.15) is 44.9 Å². The molecule has 13 heavy (non-hydrogen) atoms. The van der Waals surface area contributed by atoms with Crippen LogP contribution >= 0.6 is 0 Å². The van der Waals surface area contributed by atoms with E-state index in [0.717, 1.165) is 24.7 Å². The van der Waals surface area contributed by atoms with E-state index in [1.165, 1.54) is 32.1 Å². The van der Waals surface area contributed by atoms with Gasteiger partial charge in [-0.05, 0) is 31.1 Å². The van der Waals surface area contributed by atoms with Gasteiger partial charge in [0.2, 0.25) is 0 Å². The summed E-state index contributed by atoms with van der Waals surface area (Å²) in [4.78, 5) is 0. The summed E-state index contributed by atoms with van der Waals surface area (Å²) in [5.41, 5.74) is 5.48. The van der Waals surface area contributed by atoms with Crippen LogP contribution in [0.3, 0.4) is 0 Å². The molecule has 72 valence electrons. The molecule has 0 aromatic rings. The van der Waals surface area contributed by atoms with Crippen molar-refractivity contribution in [3.05, 3.63) is 0 Å². The Kier molecular flexibility index (Phi) is 2.29. The molecule has 0 saturated heterocycles. The maximum absolute atomic E-state index is 8.91. The number of hydrogen-bond donors (Lipinski definition) is 1. The van der Waals surface area contributed by atoms with E-state index in [1.807, 2.05) is 0 Å². The van der Waals surface area contributed by atoms with Gasteiger partial charge in [0, 0.05) is 0 Å². The van der Waals surface area contributed by atoms with Crippen molar-refractivity contribution in [2.24, 2.45) is 17.6 Å². The molecule has 0 heterocycles. The molecule has 0 aliphatic heterocycles. The van der Waals surface area contributed by atoms with Gasteiger partial charge in [0.05, 0.1) is 6.07 Å². The van der Waals surface area contributed by atoms with E-state index < -0.39 is 5.54 Å². The van der Waals surface area contributed by atoms with Gasteiger partial charge >= 0.3 is 0 Å². The quantitative estimate of drug-likeness (QED) is 0.669. The van der Waals surface area contributed by atoms with Gasteiger partial charge in [0.1, 0.15) is 5.54 Å². The highest BCUT2D eigenvalue weighted by Gasteiger charge is 2.39. The van der Waals surface area contributed by atoms with Gasteiger partial charge in [-0.15, -0.1) is 0 Å². The first-order valence-corrected chi connectivity index (χ1v) is 5.44. The Morgan fingerprint density at radius 1 is 1.15 bits per heavy atom. The highest BCUT2D eigenvalue weighted by atomic mass is 14.8. The highest BCUT2D eigenvalue weighted by Crippen LogP contribution is 2.43. The molecule has 0 radical (unpaired) electrons. The van der Waals surface area contributed by atoms with Crippen molar-refractivity contribution in [3.63, 3.8) is 0 Å². The van der Waals surface area contributed by atoms with Crippen LogP contribution < -0.4 is 5.73 Å². The van der Waals surface area contributed by atoms with Crippen molar-refractivity contribution in [2.75, 3.05) is 0 Å². The topological polar surface area (TPSA) is 49.8 Å². The fourth-order valence-electron chi connectivity index (χ4n) is 3.05. The van der Waals surface area contributed by atoms with Crippen molar-refractivity contribution in [1.82, 2.24) is 0 Å². The normalized spacial score (nSPS) is 40.8. The smallest absolute Gasteiger partial charge is 0.104 e. The molecule has 2 heteroatoms. The molecular formula is C11H18N2. The predicted molar refractivity (Wildman–Crippen MR) is 51.8 cm³/mol. The van der Waals surface area contributed by atoms with Crippen molar-refractivity contribution in [3.8, 4) is 6.07 Å². The molecule has 2 atom stereocenters. The molecule has 0 spiro atoms. The summed E-state index contributed by atoms with van der Waals surface area (Å²) >= 11 is 0. The summed E-state index contributed by atoms with van der Waals surface area (Å²) in [5, 5.41) is 8.91. The molecule has 2 aliphatic carbocycles. The van der Waals surface area contributed by atoms with Gasteiger partial charge in [-0.1, -0.05) is 25.7 Å². The Morgan fingerprint density at radius 3 is 2.38 bits per heavy atom. The largest absolute Gasteiger partial charge is 0.313 e. The summed E-state index contributed by atoms with van der Waals surface area (Å²) in [6.07, 6.45) is 8.61.